The molecule has 7 nitrogen and oxygen atoms in total. The van der Waals surface area contributed by atoms with Gasteiger partial charge in [0.15, 0.2) is 0 Å². The lowest BCUT2D eigenvalue weighted by Gasteiger charge is -2.15. The number of aromatic nitrogens is 3. The Morgan fingerprint density at radius 2 is 2.00 bits per heavy atom. The molecule has 162 valence electrons. The van der Waals surface area contributed by atoms with E-state index in [1.807, 2.05) is 49.3 Å². The fraction of sp³-hybridized carbons (Fsp3) is 0.130. The average Bonchev–Trinajstić information content (AvgIpc) is 3.37. The van der Waals surface area contributed by atoms with Crippen molar-refractivity contribution in [3.63, 3.8) is 0 Å². The Morgan fingerprint density at radius 3 is 2.78 bits per heavy atom. The van der Waals surface area contributed by atoms with Crippen LogP contribution in [0.5, 0.6) is 0 Å². The Kier molecular flexibility index (Phi) is 5.66. The van der Waals surface area contributed by atoms with Gasteiger partial charge in [0, 0.05) is 48.4 Å². The molecule has 32 heavy (non-hydrogen) atoms. The second-order valence-electron chi connectivity index (χ2n) is 7.42. The number of fused-ring (bicyclic) bond motifs is 2. The molecule has 3 heterocycles. The van der Waals surface area contributed by atoms with E-state index in [0.29, 0.717) is 0 Å². The Labute approximate surface area is 194 Å². The summed E-state index contributed by atoms with van der Waals surface area (Å²) in [4.78, 5) is 8.64. The first-order valence-corrected chi connectivity index (χ1v) is 11.4. The predicted octanol–water partition coefficient (Wildman–Crippen LogP) is 3.84. The van der Waals surface area contributed by atoms with Gasteiger partial charge in [0.25, 0.3) is 0 Å². The molecule has 0 saturated carbocycles. The number of imidazole rings is 1. The molecular weight excluding hydrogens is 444 g/mol. The van der Waals surface area contributed by atoms with Gasteiger partial charge in [-0.25, -0.2) is 4.98 Å². The van der Waals surface area contributed by atoms with E-state index in [-0.39, 0.29) is 0 Å². The van der Waals surface area contributed by atoms with E-state index in [0.717, 1.165) is 55.1 Å². The number of benzene rings is 2. The molecule has 2 aromatic carbocycles. The second-order valence-corrected chi connectivity index (χ2v) is 9.25. The fourth-order valence-electron chi connectivity index (χ4n) is 3.92. The van der Waals surface area contributed by atoms with Crippen LogP contribution in [0, 0.1) is 0 Å². The van der Waals surface area contributed by atoms with Crippen molar-refractivity contribution in [1.82, 2.24) is 9.55 Å². The highest BCUT2D eigenvalue weighted by molar-refractivity contribution is 8.04. The lowest BCUT2D eigenvalue weighted by molar-refractivity contribution is -0.777. The molecule has 0 radical (unpaired) electrons. The van der Waals surface area contributed by atoms with Gasteiger partial charge < -0.3 is 14.7 Å². The van der Waals surface area contributed by atoms with Gasteiger partial charge in [-0.1, -0.05) is 23.9 Å². The summed E-state index contributed by atoms with van der Waals surface area (Å²) in [6, 6.07) is 16.5. The number of nitrogens with zero attached hydrogens (tertiary/aromatic N) is 4. The van der Waals surface area contributed by atoms with E-state index in [4.69, 9.17) is 0 Å². The van der Waals surface area contributed by atoms with Crippen LogP contribution < -0.4 is 14.7 Å². The number of thioether (sulfide) groups is 1. The summed E-state index contributed by atoms with van der Waals surface area (Å²) in [7, 11) is 6.11. The monoisotopic (exact) mass is 464 g/mol. The normalized spacial score (nSPS) is 14.5. The molecule has 0 saturated heterocycles. The van der Waals surface area contributed by atoms with Crippen LogP contribution in [0.3, 0.4) is 0 Å². The number of pyridine rings is 1. The van der Waals surface area contributed by atoms with Crippen molar-refractivity contribution >= 4 is 46.5 Å². The van der Waals surface area contributed by atoms with Crippen LogP contribution in [0.1, 0.15) is 5.56 Å². The molecule has 0 atom stereocenters. The molecule has 2 aromatic heterocycles. The zero-order valence-corrected chi connectivity index (χ0v) is 19.3. The highest BCUT2D eigenvalue weighted by atomic mass is 32.2. The summed E-state index contributed by atoms with van der Waals surface area (Å²) < 4.78 is 8.68. The summed E-state index contributed by atoms with van der Waals surface area (Å²) in [5.74, 6) is 0.913. The largest absolute Gasteiger partial charge is 0.691 e. The molecular formula is C23H20N4O3S2. The third-order valence-electron chi connectivity index (χ3n) is 5.55. The minimum atomic E-state index is 0.794. The Bertz CT molecular complexity index is 1350. The van der Waals surface area contributed by atoms with E-state index >= 15 is 0 Å². The van der Waals surface area contributed by atoms with Gasteiger partial charge in [0.1, 0.15) is 7.05 Å². The Morgan fingerprint density at radius 1 is 1.16 bits per heavy atom. The maximum absolute atomic E-state index is 10.1. The summed E-state index contributed by atoms with van der Waals surface area (Å²) in [6.07, 6.45) is 5.98. The standard InChI is InChI=1S/C23H20N4O3S2/c1-25-11-10-24-23(25)20-12-15(17-6-4-5-7-18(17)26(20)2)13-22-27(3)19-14-16(32-30-29-28)8-9-21(19)31-22/h4-14H,1-3H3. The van der Waals surface area contributed by atoms with Crippen molar-refractivity contribution in [1.29, 1.82) is 0 Å². The van der Waals surface area contributed by atoms with Crippen molar-refractivity contribution < 1.29 is 19.2 Å². The lowest BCUT2D eigenvalue weighted by Crippen LogP contribution is -2.33. The van der Waals surface area contributed by atoms with Gasteiger partial charge in [-0.2, -0.15) is 8.90 Å². The van der Waals surface area contributed by atoms with E-state index in [1.54, 1.807) is 11.8 Å². The lowest BCUT2D eigenvalue weighted by atomic mass is 10.1. The average molecular weight is 465 g/mol. The molecule has 0 spiro atoms. The van der Waals surface area contributed by atoms with Crippen LogP contribution in [0.2, 0.25) is 0 Å². The molecule has 0 unspecified atom stereocenters. The number of rotatable bonds is 5. The third kappa shape index (κ3) is 3.68. The van der Waals surface area contributed by atoms with Crippen LogP contribution in [0.4, 0.5) is 5.69 Å². The second kappa shape index (κ2) is 8.61. The van der Waals surface area contributed by atoms with Gasteiger partial charge in [0.05, 0.1) is 28.1 Å². The van der Waals surface area contributed by atoms with E-state index < -0.39 is 0 Å². The molecule has 4 aromatic rings. The van der Waals surface area contributed by atoms with Gasteiger partial charge in [-0.3, -0.25) is 5.04 Å². The number of anilines is 1. The highest BCUT2D eigenvalue weighted by Crippen LogP contribution is 2.47. The topological polar surface area (TPSA) is 66.5 Å². The number of hydrogen-bond acceptors (Lipinski definition) is 7. The van der Waals surface area contributed by atoms with Crippen molar-refractivity contribution in [2.24, 2.45) is 14.1 Å². The van der Waals surface area contributed by atoms with Crippen molar-refractivity contribution in [2.45, 2.75) is 9.79 Å². The van der Waals surface area contributed by atoms with E-state index in [2.05, 4.69) is 67.3 Å². The van der Waals surface area contributed by atoms with Crippen LogP contribution in [-0.2, 0) is 23.5 Å². The van der Waals surface area contributed by atoms with Gasteiger partial charge in [-0.15, -0.1) is 0 Å². The summed E-state index contributed by atoms with van der Waals surface area (Å²) in [5, 5.41) is 15.9. The van der Waals surface area contributed by atoms with Crippen LogP contribution in [0.25, 0.3) is 28.5 Å². The Balaban J connectivity index is 1.60. The summed E-state index contributed by atoms with van der Waals surface area (Å²) >= 11 is 2.60. The first-order chi connectivity index (χ1) is 15.6. The summed E-state index contributed by atoms with van der Waals surface area (Å²) in [6.45, 7) is 0. The Hall–Kier alpha value is -2.82. The van der Waals surface area contributed by atoms with Crippen molar-refractivity contribution in [3.05, 3.63) is 71.5 Å². The molecule has 0 N–H and O–H groups in total. The smallest absolute Gasteiger partial charge is 0.249 e. The maximum atomic E-state index is 10.1. The molecule has 1 aliphatic heterocycles. The molecule has 0 bridgehead atoms. The first kappa shape index (κ1) is 21.0. The van der Waals surface area contributed by atoms with Crippen LogP contribution >= 0.6 is 23.8 Å². The van der Waals surface area contributed by atoms with Crippen molar-refractivity contribution in [2.75, 3.05) is 11.9 Å². The minimum Gasteiger partial charge on any atom is -0.691 e. The van der Waals surface area contributed by atoms with Gasteiger partial charge >= 0.3 is 0 Å². The number of hydrogen-bond donors (Lipinski definition) is 0. The zero-order chi connectivity index (χ0) is 22.2. The SMILES string of the molecule is CN1C(=Cc2cc(-c3nccn3C)[n+](C)c3ccccc23)Sc2ccc(SOO[O-])cc21. The molecule has 1 aliphatic rings. The predicted molar refractivity (Wildman–Crippen MR) is 124 cm³/mol. The van der Waals surface area contributed by atoms with Crippen LogP contribution in [0.15, 0.2) is 75.7 Å². The highest BCUT2D eigenvalue weighted by Gasteiger charge is 2.25. The fourth-order valence-corrected chi connectivity index (χ4v) is 5.39. The quantitative estimate of drug-likeness (QED) is 0.192. The molecule has 5 rings (SSSR count). The van der Waals surface area contributed by atoms with Crippen molar-refractivity contribution in [3.8, 4) is 11.5 Å². The summed E-state index contributed by atoms with van der Waals surface area (Å²) in [5.41, 5.74) is 4.35. The van der Waals surface area contributed by atoms with Crippen LogP contribution in [-0.4, -0.2) is 16.6 Å². The minimum absolute atomic E-state index is 0.794. The molecule has 9 heteroatoms. The van der Waals surface area contributed by atoms with E-state index in [1.165, 1.54) is 5.39 Å². The number of para-hydroxylation sites is 1. The van der Waals surface area contributed by atoms with Gasteiger partial charge in [-0.05, 0) is 35.9 Å². The number of aryl methyl sites for hydroxylation is 2. The molecule has 0 amide bonds. The van der Waals surface area contributed by atoms with E-state index in [9.17, 15) is 5.26 Å². The first-order valence-electron chi connectivity index (χ1n) is 9.87. The maximum Gasteiger partial charge on any atom is 0.249 e. The zero-order valence-electron chi connectivity index (χ0n) is 17.7. The molecule has 0 aliphatic carbocycles. The van der Waals surface area contributed by atoms with Gasteiger partial charge in [0.2, 0.25) is 17.0 Å². The third-order valence-corrected chi connectivity index (χ3v) is 7.29. The molecule has 0 fully saturated rings.